The minimum absolute atomic E-state index is 0.0360. The third kappa shape index (κ3) is 6.30. The second kappa shape index (κ2) is 11.7. The lowest BCUT2D eigenvalue weighted by Gasteiger charge is -2.10. The molecule has 7 nitrogen and oxygen atoms in total. The molecular formula is C31H27F3N4O3S2. The number of hydrogen-bond acceptors (Lipinski definition) is 5. The summed E-state index contributed by atoms with van der Waals surface area (Å²) in [7, 11) is -1.99. The van der Waals surface area contributed by atoms with Gasteiger partial charge in [-0.3, -0.25) is 0 Å². The maximum atomic E-state index is 15.0. The highest BCUT2D eigenvalue weighted by Gasteiger charge is 2.32. The monoisotopic (exact) mass is 624 g/mol. The van der Waals surface area contributed by atoms with E-state index < -0.39 is 34.3 Å². The molecular weight excluding hydrogens is 597 g/mol. The lowest BCUT2D eigenvalue weighted by Crippen LogP contribution is -2.13. The molecule has 2 aliphatic carbocycles. The van der Waals surface area contributed by atoms with Gasteiger partial charge in [-0.25, -0.2) is 37.0 Å². The summed E-state index contributed by atoms with van der Waals surface area (Å²) in [6.45, 7) is 0. The van der Waals surface area contributed by atoms with E-state index in [-0.39, 0.29) is 22.6 Å². The van der Waals surface area contributed by atoms with Crippen LogP contribution in [-0.4, -0.2) is 35.7 Å². The number of thiazole rings is 1. The van der Waals surface area contributed by atoms with E-state index in [1.807, 2.05) is 0 Å². The molecule has 12 heteroatoms. The van der Waals surface area contributed by atoms with Gasteiger partial charge in [0.2, 0.25) is 5.13 Å². The quantitative estimate of drug-likeness (QED) is 0.229. The Morgan fingerprint density at radius 2 is 1.93 bits per heavy atom. The fourth-order valence-electron chi connectivity index (χ4n) is 5.36. The fraction of sp³-hybridized carbons (Fsp3) is 0.323. The van der Waals surface area contributed by atoms with E-state index in [9.17, 15) is 27.3 Å². The summed E-state index contributed by atoms with van der Waals surface area (Å²) in [5.41, 5.74) is 1.34. The number of halogens is 3. The summed E-state index contributed by atoms with van der Waals surface area (Å²) < 4.78 is 58.0. The van der Waals surface area contributed by atoms with E-state index in [1.165, 1.54) is 29.6 Å². The Morgan fingerprint density at radius 1 is 1.16 bits per heavy atom. The number of aromatic nitrogens is 3. The van der Waals surface area contributed by atoms with E-state index in [2.05, 4.69) is 16.8 Å². The second-order valence-corrected chi connectivity index (χ2v) is 12.9. The highest BCUT2D eigenvalue weighted by molar-refractivity contribution is 7.82. The van der Waals surface area contributed by atoms with E-state index in [0.717, 1.165) is 48.3 Å². The zero-order chi connectivity index (χ0) is 30.3. The van der Waals surface area contributed by atoms with Crippen molar-refractivity contribution >= 4 is 28.3 Å². The van der Waals surface area contributed by atoms with Crippen LogP contribution in [0.5, 0.6) is 0 Å². The number of rotatable bonds is 8. The summed E-state index contributed by atoms with van der Waals surface area (Å²) in [4.78, 5) is 15.7. The Balaban J connectivity index is 1.50. The molecule has 4 aromatic rings. The number of carboxylic acids is 1. The zero-order valence-corrected chi connectivity index (χ0v) is 24.5. The summed E-state index contributed by atoms with van der Waals surface area (Å²) in [5, 5.41) is 21.5. The van der Waals surface area contributed by atoms with Gasteiger partial charge in [-0.1, -0.05) is 17.9 Å². The van der Waals surface area contributed by atoms with Crippen molar-refractivity contribution < 1.29 is 27.3 Å². The minimum atomic E-state index is -1.99. The number of nitrogens with two attached hydrogens (primary N) is 1. The van der Waals surface area contributed by atoms with Gasteiger partial charge in [-0.15, -0.1) is 11.3 Å². The molecule has 43 heavy (non-hydrogen) atoms. The number of carboxylic acid groups (broad SMARTS) is 1. The highest BCUT2D eigenvalue weighted by Crippen LogP contribution is 2.39. The van der Waals surface area contributed by atoms with Crippen LogP contribution in [0.15, 0.2) is 46.7 Å². The average molecular weight is 625 g/mol. The number of benzene rings is 2. The SMILES string of the molecule is NS(=O)c1ccc(Cc2c(-c3ccc(F)c(C#CC4(F)CCCC4)c3)nn(-c3nc(C(=O)O)cs3)c2CC2CC2)cc1F. The Bertz CT molecular complexity index is 1810. The molecule has 2 aromatic heterocycles. The molecule has 2 heterocycles. The van der Waals surface area contributed by atoms with Crippen LogP contribution in [0.25, 0.3) is 16.4 Å². The first-order valence-electron chi connectivity index (χ1n) is 13.9. The molecule has 2 aromatic carbocycles. The number of carbonyl (C=O) groups is 1. The molecule has 2 aliphatic rings. The Hall–Kier alpha value is -3.79. The second-order valence-electron chi connectivity index (χ2n) is 11.0. The molecule has 0 bridgehead atoms. The summed E-state index contributed by atoms with van der Waals surface area (Å²) in [5.74, 6) is 3.28. The van der Waals surface area contributed by atoms with Crippen molar-refractivity contribution in [1.82, 2.24) is 14.8 Å². The number of alkyl halides is 1. The smallest absolute Gasteiger partial charge is 0.355 e. The van der Waals surface area contributed by atoms with Crippen molar-refractivity contribution in [3.63, 3.8) is 0 Å². The van der Waals surface area contributed by atoms with Crippen LogP contribution in [0.2, 0.25) is 0 Å². The molecule has 1 atom stereocenters. The molecule has 0 saturated heterocycles. The molecule has 0 aliphatic heterocycles. The number of aromatic carboxylic acids is 1. The van der Waals surface area contributed by atoms with Crippen molar-refractivity contribution in [2.24, 2.45) is 11.1 Å². The highest BCUT2D eigenvalue weighted by atomic mass is 32.2. The lowest BCUT2D eigenvalue weighted by molar-refractivity contribution is 0.0691. The van der Waals surface area contributed by atoms with Gasteiger partial charge < -0.3 is 5.11 Å². The van der Waals surface area contributed by atoms with E-state index in [1.54, 1.807) is 16.8 Å². The van der Waals surface area contributed by atoms with Crippen LogP contribution in [0, 0.1) is 29.4 Å². The standard InChI is InChI=1S/C31H27F3N4O3S2/c32-23-7-6-21(16-20(23)9-12-31(34)10-1-2-11-31)28-22(13-19-5-8-27(43(35)41)24(33)14-19)26(15-18-3-4-18)38(37-28)30-36-25(17-42-30)29(39)40/h5-8,14,16-18H,1-4,10-11,13,15,35H2,(H,39,40). The van der Waals surface area contributed by atoms with Gasteiger partial charge in [0.05, 0.1) is 21.8 Å². The third-order valence-corrected chi connectivity index (χ3v) is 9.39. The third-order valence-electron chi connectivity index (χ3n) is 7.81. The van der Waals surface area contributed by atoms with Crippen molar-refractivity contribution in [2.75, 3.05) is 0 Å². The molecule has 1 unspecified atom stereocenters. The van der Waals surface area contributed by atoms with Gasteiger partial charge in [-0.2, -0.15) is 5.10 Å². The van der Waals surface area contributed by atoms with Gasteiger partial charge in [0.1, 0.15) is 22.6 Å². The van der Waals surface area contributed by atoms with E-state index in [0.29, 0.717) is 47.1 Å². The number of hydrogen-bond donors (Lipinski definition) is 2. The Labute approximate surface area is 252 Å². The molecule has 0 amide bonds. The maximum Gasteiger partial charge on any atom is 0.355 e. The summed E-state index contributed by atoms with van der Waals surface area (Å²) in [6.07, 6.45) is 4.99. The van der Waals surface area contributed by atoms with Crippen LogP contribution in [0.4, 0.5) is 13.2 Å². The normalized spacial score (nSPS) is 16.6. The van der Waals surface area contributed by atoms with Crippen LogP contribution in [-0.2, 0) is 23.8 Å². The molecule has 2 saturated carbocycles. The first kappa shape index (κ1) is 29.3. The molecule has 6 rings (SSSR count). The molecule has 0 radical (unpaired) electrons. The first-order chi connectivity index (χ1) is 20.6. The van der Waals surface area contributed by atoms with Gasteiger partial charge >= 0.3 is 5.97 Å². The van der Waals surface area contributed by atoms with Gasteiger partial charge in [0, 0.05) is 22.9 Å². The Morgan fingerprint density at radius 3 is 2.58 bits per heavy atom. The predicted octanol–water partition coefficient (Wildman–Crippen LogP) is 6.13. The van der Waals surface area contributed by atoms with Crippen molar-refractivity contribution in [2.45, 2.75) is 61.9 Å². The van der Waals surface area contributed by atoms with Crippen LogP contribution in [0.1, 0.15) is 71.4 Å². The topological polar surface area (TPSA) is 111 Å². The zero-order valence-electron chi connectivity index (χ0n) is 22.9. The largest absolute Gasteiger partial charge is 0.476 e. The van der Waals surface area contributed by atoms with Crippen LogP contribution >= 0.6 is 11.3 Å². The van der Waals surface area contributed by atoms with Crippen molar-refractivity contribution in [3.05, 3.63) is 81.5 Å². The fourth-order valence-corrected chi connectivity index (χ4v) is 6.58. The van der Waals surface area contributed by atoms with E-state index >= 15 is 0 Å². The molecule has 0 spiro atoms. The first-order valence-corrected chi connectivity index (χ1v) is 16.0. The van der Waals surface area contributed by atoms with E-state index in [4.69, 9.17) is 10.2 Å². The predicted molar refractivity (Wildman–Crippen MR) is 157 cm³/mol. The Kier molecular flexibility index (Phi) is 7.98. The summed E-state index contributed by atoms with van der Waals surface area (Å²) >= 11 is 1.13. The average Bonchev–Trinajstić information content (AvgIpc) is 3.31. The molecule has 2 fully saturated rings. The number of nitrogens with zero attached hydrogens (tertiary/aromatic N) is 3. The minimum Gasteiger partial charge on any atom is -0.476 e. The molecule has 3 N–H and O–H groups in total. The van der Waals surface area contributed by atoms with Crippen molar-refractivity contribution in [1.29, 1.82) is 0 Å². The van der Waals surface area contributed by atoms with Gasteiger partial charge in [-0.05, 0) is 86.8 Å². The lowest BCUT2D eigenvalue weighted by atomic mass is 9.96. The van der Waals surface area contributed by atoms with Crippen LogP contribution < -0.4 is 5.14 Å². The molecule has 222 valence electrons. The van der Waals surface area contributed by atoms with Gasteiger partial charge in [0.15, 0.2) is 11.4 Å². The van der Waals surface area contributed by atoms with Gasteiger partial charge in [0.25, 0.3) is 0 Å². The van der Waals surface area contributed by atoms with Crippen molar-refractivity contribution in [3.8, 4) is 28.2 Å². The summed E-state index contributed by atoms with van der Waals surface area (Å²) in [6, 6.07) is 8.65. The maximum absolute atomic E-state index is 15.0. The van der Waals surface area contributed by atoms with Crippen LogP contribution in [0.3, 0.4) is 0 Å².